The van der Waals surface area contributed by atoms with Gasteiger partial charge >= 0.3 is 0 Å². The van der Waals surface area contributed by atoms with Gasteiger partial charge in [0.2, 0.25) is 0 Å². The van der Waals surface area contributed by atoms with E-state index in [1.54, 1.807) is 18.0 Å². The van der Waals surface area contributed by atoms with E-state index >= 15 is 0 Å². The zero-order valence-electron chi connectivity index (χ0n) is 23.1. The van der Waals surface area contributed by atoms with E-state index in [2.05, 4.69) is 25.9 Å². The number of hydrogen-bond acceptors (Lipinski definition) is 4. The van der Waals surface area contributed by atoms with Gasteiger partial charge in [0.15, 0.2) is 5.78 Å². The Morgan fingerprint density at radius 2 is 1.79 bits per heavy atom. The summed E-state index contributed by atoms with van der Waals surface area (Å²) in [4.78, 5) is 41.1. The molecule has 6 atom stereocenters. The SMILES string of the molecule is CC(=O)[C@H]1CC[C@H](n2ncc(C(=O)N(CC(=O)c3c(Cl)ccc(F)c3Cl)C3C[C@@H]4[C@H](C3)C4(C)C)c2C)C[C@H]1C. The maximum absolute atomic E-state index is 14.2. The first kappa shape index (κ1) is 28.3. The van der Waals surface area contributed by atoms with Gasteiger partial charge in [-0.1, -0.05) is 44.0 Å². The van der Waals surface area contributed by atoms with Crippen LogP contribution < -0.4 is 0 Å². The summed E-state index contributed by atoms with van der Waals surface area (Å²) in [6.45, 7) is 9.91. The first-order chi connectivity index (χ1) is 18.3. The van der Waals surface area contributed by atoms with E-state index in [1.165, 1.54) is 6.07 Å². The zero-order chi connectivity index (χ0) is 28.4. The number of Topliss-reactive ketones (excluding diaryl/α,β-unsaturated/α-hetero) is 2. The van der Waals surface area contributed by atoms with Crippen LogP contribution in [0.3, 0.4) is 0 Å². The third kappa shape index (κ3) is 4.94. The molecule has 5 rings (SSSR count). The Morgan fingerprint density at radius 3 is 2.41 bits per heavy atom. The molecule has 6 nitrogen and oxygen atoms in total. The van der Waals surface area contributed by atoms with E-state index in [9.17, 15) is 18.8 Å². The van der Waals surface area contributed by atoms with Crippen LogP contribution in [0.4, 0.5) is 4.39 Å². The molecule has 9 heteroatoms. The Bertz CT molecular complexity index is 1320. The van der Waals surface area contributed by atoms with Crippen LogP contribution in [0.2, 0.25) is 10.0 Å². The molecule has 39 heavy (non-hydrogen) atoms. The molecule has 2 aromatic rings. The summed E-state index contributed by atoms with van der Waals surface area (Å²) in [5.74, 6) is 0.0887. The number of fused-ring (bicyclic) bond motifs is 1. The van der Waals surface area contributed by atoms with Crippen molar-refractivity contribution in [3.05, 3.63) is 51.0 Å². The smallest absolute Gasteiger partial charge is 0.257 e. The molecule has 3 saturated carbocycles. The first-order valence-electron chi connectivity index (χ1n) is 13.8. The van der Waals surface area contributed by atoms with Gasteiger partial charge in [-0.05, 0) is 81.3 Å². The number of nitrogens with zero attached hydrogens (tertiary/aromatic N) is 3. The highest BCUT2D eigenvalue weighted by molar-refractivity contribution is 6.40. The second-order valence-corrected chi connectivity index (χ2v) is 13.3. The number of rotatable bonds is 7. The number of benzene rings is 1. The lowest BCUT2D eigenvalue weighted by molar-refractivity contribution is -0.123. The van der Waals surface area contributed by atoms with E-state index in [0.29, 0.717) is 17.4 Å². The van der Waals surface area contributed by atoms with Crippen molar-refractivity contribution in [2.75, 3.05) is 6.54 Å². The highest BCUT2D eigenvalue weighted by atomic mass is 35.5. The molecule has 3 aliphatic rings. The van der Waals surface area contributed by atoms with Crippen molar-refractivity contribution in [1.82, 2.24) is 14.7 Å². The van der Waals surface area contributed by atoms with Crippen LogP contribution in [0, 0.1) is 41.8 Å². The van der Waals surface area contributed by atoms with Crippen LogP contribution in [-0.4, -0.2) is 44.7 Å². The maximum atomic E-state index is 14.2. The summed E-state index contributed by atoms with van der Waals surface area (Å²) in [6, 6.07) is 2.44. The molecule has 1 aromatic carbocycles. The first-order valence-corrected chi connectivity index (χ1v) is 14.6. The van der Waals surface area contributed by atoms with E-state index in [-0.39, 0.29) is 63.2 Å². The zero-order valence-corrected chi connectivity index (χ0v) is 24.7. The highest BCUT2D eigenvalue weighted by Gasteiger charge is 2.63. The molecular formula is C30H36Cl2FN3O3. The minimum absolute atomic E-state index is 0.0634. The molecule has 1 amide bonds. The molecule has 0 radical (unpaired) electrons. The van der Waals surface area contributed by atoms with Crippen LogP contribution in [0.25, 0.3) is 0 Å². The molecule has 0 aliphatic heterocycles. The van der Waals surface area contributed by atoms with Gasteiger partial charge in [0, 0.05) is 17.7 Å². The molecule has 0 spiro atoms. The van der Waals surface area contributed by atoms with E-state index in [0.717, 1.165) is 43.9 Å². The normalized spacial score (nSPS) is 29.1. The van der Waals surface area contributed by atoms with Gasteiger partial charge in [0.1, 0.15) is 11.6 Å². The Hall–Kier alpha value is -2.25. The van der Waals surface area contributed by atoms with E-state index in [4.69, 9.17) is 23.2 Å². The molecule has 3 fully saturated rings. The standard InChI is InChI=1S/C30H36Cl2FN3O3/c1-15-10-18(6-7-20(15)17(3)37)36-16(2)21(13-34-36)29(39)35(19-11-22-23(12-19)30(22,4)5)14-26(38)27-24(31)8-9-25(33)28(27)32/h8-9,13,15,18-20,22-23H,6-7,10-12,14H2,1-5H3/t15-,18+,19?,20+,22-,23+/m1/s1. The topological polar surface area (TPSA) is 72.3 Å². The molecule has 0 bridgehead atoms. The molecule has 1 heterocycles. The fourth-order valence-electron chi connectivity index (χ4n) is 7.46. The maximum Gasteiger partial charge on any atom is 0.257 e. The monoisotopic (exact) mass is 575 g/mol. The lowest BCUT2D eigenvalue weighted by atomic mass is 9.76. The van der Waals surface area contributed by atoms with E-state index in [1.807, 2.05) is 11.6 Å². The average molecular weight is 577 g/mol. The Labute approximate surface area is 239 Å². The van der Waals surface area contributed by atoms with Crippen molar-refractivity contribution in [2.24, 2.45) is 29.1 Å². The van der Waals surface area contributed by atoms with Crippen LogP contribution in [0.15, 0.2) is 18.3 Å². The minimum atomic E-state index is -0.725. The molecule has 3 aliphatic carbocycles. The molecule has 1 unspecified atom stereocenters. The molecule has 0 saturated heterocycles. The molecule has 1 aromatic heterocycles. The summed E-state index contributed by atoms with van der Waals surface area (Å²) in [6.07, 6.45) is 5.69. The third-order valence-electron chi connectivity index (χ3n) is 9.96. The lowest BCUT2D eigenvalue weighted by Crippen LogP contribution is -2.44. The van der Waals surface area contributed by atoms with Crippen molar-refractivity contribution >= 4 is 40.7 Å². The molecule has 210 valence electrons. The average Bonchev–Trinajstić information content (AvgIpc) is 3.25. The summed E-state index contributed by atoms with van der Waals surface area (Å²) in [5.41, 5.74) is 1.37. The number of aromatic nitrogens is 2. The number of carbonyl (C=O) groups is 3. The number of hydrogen-bond donors (Lipinski definition) is 0. The lowest BCUT2D eigenvalue weighted by Gasteiger charge is -2.33. The quantitative estimate of drug-likeness (QED) is 0.264. The molecule has 0 N–H and O–H groups in total. The van der Waals surface area contributed by atoms with Gasteiger partial charge in [-0.3, -0.25) is 19.1 Å². The van der Waals surface area contributed by atoms with Gasteiger partial charge < -0.3 is 4.90 Å². The summed E-state index contributed by atoms with van der Waals surface area (Å²) >= 11 is 12.4. The fourth-order valence-corrected chi connectivity index (χ4v) is 8.05. The predicted molar refractivity (Wildman–Crippen MR) is 149 cm³/mol. The number of amides is 1. The van der Waals surface area contributed by atoms with Crippen LogP contribution in [0.5, 0.6) is 0 Å². The van der Waals surface area contributed by atoms with Crippen molar-refractivity contribution in [3.8, 4) is 0 Å². The van der Waals surface area contributed by atoms with Crippen molar-refractivity contribution in [2.45, 2.75) is 78.8 Å². The second-order valence-electron chi connectivity index (χ2n) is 12.5. The van der Waals surface area contributed by atoms with Crippen LogP contribution >= 0.6 is 23.2 Å². The van der Waals surface area contributed by atoms with Gasteiger partial charge in [-0.25, -0.2) is 4.39 Å². The Kier molecular flexibility index (Phi) is 7.47. The van der Waals surface area contributed by atoms with Gasteiger partial charge in [-0.15, -0.1) is 0 Å². The van der Waals surface area contributed by atoms with Crippen molar-refractivity contribution < 1.29 is 18.8 Å². The van der Waals surface area contributed by atoms with Gasteiger partial charge in [0.05, 0.1) is 40.0 Å². The second kappa shape index (κ2) is 10.3. The minimum Gasteiger partial charge on any atom is -0.328 e. The molecular weight excluding hydrogens is 540 g/mol. The van der Waals surface area contributed by atoms with Gasteiger partial charge in [0.25, 0.3) is 5.91 Å². The predicted octanol–water partition coefficient (Wildman–Crippen LogP) is 6.96. The third-order valence-corrected chi connectivity index (χ3v) is 10.6. The number of ketones is 2. The summed E-state index contributed by atoms with van der Waals surface area (Å²) in [7, 11) is 0. The highest BCUT2D eigenvalue weighted by Crippen LogP contribution is 2.67. The largest absolute Gasteiger partial charge is 0.328 e. The van der Waals surface area contributed by atoms with Crippen molar-refractivity contribution in [1.29, 1.82) is 0 Å². The summed E-state index contributed by atoms with van der Waals surface area (Å²) in [5, 5.41) is 4.34. The van der Waals surface area contributed by atoms with E-state index < -0.39 is 11.6 Å². The van der Waals surface area contributed by atoms with Crippen LogP contribution in [-0.2, 0) is 4.79 Å². The van der Waals surface area contributed by atoms with Crippen molar-refractivity contribution in [3.63, 3.8) is 0 Å². The number of carbonyl (C=O) groups excluding carboxylic acids is 3. The fraction of sp³-hybridized carbons (Fsp3) is 0.600. The van der Waals surface area contributed by atoms with Crippen LogP contribution in [0.1, 0.15) is 92.3 Å². The Morgan fingerprint density at radius 1 is 1.13 bits per heavy atom. The summed E-state index contributed by atoms with van der Waals surface area (Å²) < 4.78 is 16.1. The van der Waals surface area contributed by atoms with Gasteiger partial charge in [-0.2, -0.15) is 5.10 Å². The number of halogens is 3. The Balaban J connectivity index is 1.41.